The van der Waals surface area contributed by atoms with Crippen molar-refractivity contribution in [2.24, 2.45) is 0 Å². The lowest BCUT2D eigenvalue weighted by Crippen LogP contribution is -2.29. The standard InChI is InChI=1S/C68H43NO/c1-2-17-43(18-3-1)44-33-36-47(37-34-44)69(63-31-16-28-57-53-24-9-8-23-52(53)56-26-12-15-32-64(56)70-67(57)63)48-38-39-55-51-22-7-6-21-50(51)54-25-10-13-29-59(54)68(62(55)42-48)60-30-14-11-27-58(60)66-61(68)40-35-46-41-45-19-4-5-20-49(45)65(46)66/h1-40,42H,41H2. The van der Waals surface area contributed by atoms with Crippen LogP contribution in [0, 0.1) is 0 Å². The average molecular weight is 890 g/mol. The molecule has 0 radical (unpaired) electrons. The van der Waals surface area contributed by atoms with Crippen LogP contribution < -0.4 is 9.64 Å². The second-order valence-corrected chi connectivity index (χ2v) is 19.0. The van der Waals surface area contributed by atoms with Crippen LogP contribution in [-0.4, -0.2) is 0 Å². The molecule has 0 N–H and O–H groups in total. The van der Waals surface area contributed by atoms with Gasteiger partial charge in [-0.15, -0.1) is 0 Å². The zero-order valence-corrected chi connectivity index (χ0v) is 38.2. The summed E-state index contributed by atoms with van der Waals surface area (Å²) in [6.45, 7) is 0. The fraction of sp³-hybridized carbons (Fsp3) is 0.0294. The van der Waals surface area contributed by atoms with Crippen LogP contribution in [-0.2, 0) is 11.8 Å². The number of anilines is 3. The topological polar surface area (TPSA) is 12.5 Å². The predicted octanol–water partition coefficient (Wildman–Crippen LogP) is 17.8. The molecule has 326 valence electrons. The Balaban J connectivity index is 1.05. The Morgan fingerprint density at radius 1 is 0.314 bits per heavy atom. The minimum absolute atomic E-state index is 0.676. The van der Waals surface area contributed by atoms with Gasteiger partial charge in [0.1, 0.15) is 5.75 Å². The first-order valence-electron chi connectivity index (χ1n) is 24.4. The van der Waals surface area contributed by atoms with E-state index in [1.54, 1.807) is 0 Å². The highest BCUT2D eigenvalue weighted by atomic mass is 16.5. The summed E-state index contributed by atoms with van der Waals surface area (Å²) in [5.41, 5.74) is 27.4. The van der Waals surface area contributed by atoms with Crippen molar-refractivity contribution in [2.75, 3.05) is 4.90 Å². The summed E-state index contributed by atoms with van der Waals surface area (Å²) in [6, 6.07) is 92.2. The maximum Gasteiger partial charge on any atom is 0.159 e. The molecular weight excluding hydrogens is 847 g/mol. The highest BCUT2D eigenvalue weighted by molar-refractivity contribution is 6.04. The molecule has 2 nitrogen and oxygen atoms in total. The Morgan fingerprint density at radius 3 is 1.61 bits per heavy atom. The Morgan fingerprint density at radius 2 is 0.857 bits per heavy atom. The normalized spacial score (nSPS) is 14.7. The molecule has 15 rings (SSSR count). The van der Waals surface area contributed by atoms with Crippen molar-refractivity contribution in [3.05, 3.63) is 282 Å². The highest BCUT2D eigenvalue weighted by Gasteiger charge is 2.51. The number of ether oxygens (including phenoxy) is 1. The predicted molar refractivity (Wildman–Crippen MR) is 287 cm³/mol. The number of rotatable bonds is 4. The van der Waals surface area contributed by atoms with E-state index in [1.165, 1.54) is 83.5 Å². The Hall–Kier alpha value is -8.98. The molecule has 0 aromatic heterocycles. The van der Waals surface area contributed by atoms with Crippen molar-refractivity contribution in [3.8, 4) is 89.4 Å². The molecule has 1 spiro atoms. The van der Waals surface area contributed by atoms with Crippen molar-refractivity contribution in [2.45, 2.75) is 11.8 Å². The fourth-order valence-corrected chi connectivity index (χ4v) is 12.7. The number of hydrogen-bond acceptors (Lipinski definition) is 2. The van der Waals surface area contributed by atoms with Gasteiger partial charge in [-0.25, -0.2) is 0 Å². The maximum atomic E-state index is 7.27. The monoisotopic (exact) mass is 889 g/mol. The second-order valence-electron chi connectivity index (χ2n) is 19.0. The molecule has 2 heteroatoms. The number of para-hydroxylation sites is 2. The largest absolute Gasteiger partial charge is 0.454 e. The van der Waals surface area contributed by atoms with E-state index in [-0.39, 0.29) is 0 Å². The third kappa shape index (κ3) is 5.44. The molecule has 0 saturated carbocycles. The van der Waals surface area contributed by atoms with Crippen LogP contribution in [0.5, 0.6) is 11.5 Å². The van der Waals surface area contributed by atoms with E-state index in [0.29, 0.717) is 0 Å². The van der Waals surface area contributed by atoms with E-state index >= 15 is 0 Å². The molecule has 11 aromatic rings. The van der Waals surface area contributed by atoms with E-state index in [2.05, 4.69) is 254 Å². The summed E-state index contributed by atoms with van der Waals surface area (Å²) in [7, 11) is 0. The molecule has 1 aliphatic heterocycles. The minimum Gasteiger partial charge on any atom is -0.454 e. The van der Waals surface area contributed by atoms with Gasteiger partial charge in [-0.3, -0.25) is 0 Å². The van der Waals surface area contributed by atoms with Crippen LogP contribution in [0.2, 0.25) is 0 Å². The van der Waals surface area contributed by atoms with Crippen molar-refractivity contribution in [3.63, 3.8) is 0 Å². The Kier molecular flexibility index (Phi) is 8.38. The summed E-state index contributed by atoms with van der Waals surface area (Å²) < 4.78 is 7.27. The molecule has 4 aliphatic rings. The van der Waals surface area contributed by atoms with Gasteiger partial charge in [0.2, 0.25) is 0 Å². The molecule has 70 heavy (non-hydrogen) atoms. The molecular formula is C68H43NO. The first-order valence-corrected chi connectivity index (χ1v) is 24.4. The lowest BCUT2D eigenvalue weighted by Gasteiger charge is -2.37. The highest BCUT2D eigenvalue weighted by Crippen LogP contribution is 2.65. The van der Waals surface area contributed by atoms with Crippen molar-refractivity contribution in [1.82, 2.24) is 0 Å². The lowest BCUT2D eigenvalue weighted by molar-refractivity contribution is 0.489. The Bertz CT molecular complexity index is 3960. The summed E-state index contributed by atoms with van der Waals surface area (Å²) in [4.78, 5) is 2.43. The second kappa shape index (κ2) is 15.0. The summed E-state index contributed by atoms with van der Waals surface area (Å²) in [5.74, 6) is 1.65. The van der Waals surface area contributed by atoms with Gasteiger partial charge in [-0.05, 0) is 143 Å². The SMILES string of the molecule is c1ccc(-c2ccc(N(c3ccc4c(c3)C3(c5ccccc5-c5ccccc5-4)c4ccccc4-c4c3ccc3c4-c4ccccc4C3)c3cccc4c3Oc3ccccc3-c3ccccc3-4)cc2)cc1. The third-order valence-corrected chi connectivity index (χ3v) is 15.5. The van der Waals surface area contributed by atoms with Gasteiger partial charge in [0, 0.05) is 22.5 Å². The van der Waals surface area contributed by atoms with Gasteiger partial charge in [-0.2, -0.15) is 0 Å². The van der Waals surface area contributed by atoms with E-state index in [0.717, 1.165) is 62.8 Å². The van der Waals surface area contributed by atoms with Crippen LogP contribution >= 0.6 is 0 Å². The molecule has 3 aliphatic carbocycles. The molecule has 1 atom stereocenters. The van der Waals surface area contributed by atoms with E-state index in [9.17, 15) is 0 Å². The molecule has 0 saturated heterocycles. The minimum atomic E-state index is -0.676. The maximum absolute atomic E-state index is 7.27. The summed E-state index contributed by atoms with van der Waals surface area (Å²) in [5, 5.41) is 0. The Labute approximate surface area is 408 Å². The number of hydrogen-bond donors (Lipinski definition) is 0. The molecule has 0 bridgehead atoms. The first-order chi connectivity index (χ1) is 34.7. The quantitative estimate of drug-likeness (QED) is 0.175. The van der Waals surface area contributed by atoms with Crippen LogP contribution in [0.1, 0.15) is 33.4 Å². The number of fused-ring (bicyclic) bond motifs is 21. The number of benzene rings is 11. The zero-order valence-electron chi connectivity index (χ0n) is 38.2. The first kappa shape index (κ1) is 39.1. The van der Waals surface area contributed by atoms with Crippen LogP contribution in [0.4, 0.5) is 17.1 Å². The van der Waals surface area contributed by atoms with E-state index in [1.807, 2.05) is 0 Å². The fourth-order valence-electron chi connectivity index (χ4n) is 12.7. The molecule has 1 unspecified atom stereocenters. The van der Waals surface area contributed by atoms with Crippen molar-refractivity contribution >= 4 is 17.1 Å². The van der Waals surface area contributed by atoms with Gasteiger partial charge in [0.05, 0.1) is 11.1 Å². The third-order valence-electron chi connectivity index (χ3n) is 15.5. The van der Waals surface area contributed by atoms with Gasteiger partial charge < -0.3 is 9.64 Å². The molecule has 0 amide bonds. The van der Waals surface area contributed by atoms with Crippen LogP contribution in [0.15, 0.2) is 249 Å². The van der Waals surface area contributed by atoms with Gasteiger partial charge in [-0.1, -0.05) is 212 Å². The smallest absolute Gasteiger partial charge is 0.159 e. The zero-order chi connectivity index (χ0) is 45.9. The molecule has 0 fully saturated rings. The average Bonchev–Trinajstić information content (AvgIpc) is 3.87. The summed E-state index contributed by atoms with van der Waals surface area (Å²) in [6.07, 6.45) is 0.938. The van der Waals surface area contributed by atoms with Crippen molar-refractivity contribution < 1.29 is 4.74 Å². The van der Waals surface area contributed by atoms with Crippen molar-refractivity contribution in [1.29, 1.82) is 0 Å². The van der Waals surface area contributed by atoms with E-state index < -0.39 is 5.41 Å². The van der Waals surface area contributed by atoms with Gasteiger partial charge in [0.15, 0.2) is 5.75 Å². The molecule has 11 aromatic carbocycles. The van der Waals surface area contributed by atoms with Gasteiger partial charge in [0.25, 0.3) is 0 Å². The van der Waals surface area contributed by atoms with Crippen LogP contribution in [0.25, 0.3) is 77.9 Å². The lowest BCUT2D eigenvalue weighted by atomic mass is 9.65. The van der Waals surface area contributed by atoms with E-state index in [4.69, 9.17) is 4.74 Å². The van der Waals surface area contributed by atoms with Gasteiger partial charge >= 0.3 is 0 Å². The number of nitrogens with zero attached hydrogens (tertiary/aromatic N) is 1. The van der Waals surface area contributed by atoms with Crippen LogP contribution in [0.3, 0.4) is 0 Å². The molecule has 1 heterocycles. The summed E-state index contributed by atoms with van der Waals surface area (Å²) >= 11 is 0.